The Hall–Kier alpha value is -2.71. The van der Waals surface area contributed by atoms with Crippen LogP contribution in [0.25, 0.3) is 0 Å². The normalized spacial score (nSPS) is 25.5. The van der Waals surface area contributed by atoms with Crippen molar-refractivity contribution in [2.24, 2.45) is 5.41 Å². The highest BCUT2D eigenvalue weighted by Gasteiger charge is 2.68. The Morgan fingerprint density at radius 3 is 2.70 bits per heavy atom. The van der Waals surface area contributed by atoms with Crippen LogP contribution in [0.3, 0.4) is 0 Å². The molecule has 0 radical (unpaired) electrons. The number of Topliss-reactive ketones (excluding diaryl/α,β-unsaturated/α-hetero) is 1. The summed E-state index contributed by atoms with van der Waals surface area (Å²) in [4.78, 5) is 31.6. The number of benzene rings is 1. The number of ether oxygens (including phenoxy) is 2. The van der Waals surface area contributed by atoms with Crippen molar-refractivity contribution < 1.29 is 23.5 Å². The monoisotopic (exact) mass is 473 g/mol. The molecule has 0 unspecified atom stereocenters. The first-order valence-corrected chi connectivity index (χ1v) is 11.3. The number of nitrogens with zero attached hydrogens (tertiary/aromatic N) is 2. The van der Waals surface area contributed by atoms with Crippen molar-refractivity contribution in [3.8, 4) is 5.75 Å². The van der Waals surface area contributed by atoms with Gasteiger partial charge < -0.3 is 19.7 Å². The minimum absolute atomic E-state index is 0.00252. The van der Waals surface area contributed by atoms with Crippen molar-refractivity contribution in [3.05, 3.63) is 53.1 Å². The molecule has 174 valence electrons. The molecular weight excluding hydrogens is 449 g/mol. The van der Waals surface area contributed by atoms with Crippen LogP contribution < -0.4 is 15.0 Å². The third-order valence-electron chi connectivity index (χ3n) is 6.92. The molecule has 2 bridgehead atoms. The molecule has 4 fully saturated rings. The molecule has 1 aliphatic heterocycles. The van der Waals surface area contributed by atoms with Gasteiger partial charge in [0.2, 0.25) is 0 Å². The summed E-state index contributed by atoms with van der Waals surface area (Å²) < 4.78 is 24.1. The number of nitrogens with one attached hydrogen (secondary N) is 1. The first-order chi connectivity index (χ1) is 15.8. The Balaban J connectivity index is 1.09. The van der Waals surface area contributed by atoms with Crippen LogP contribution in [-0.4, -0.2) is 55.1 Å². The van der Waals surface area contributed by atoms with E-state index in [0.717, 1.165) is 44.1 Å². The zero-order valence-corrected chi connectivity index (χ0v) is 19.0. The lowest BCUT2D eigenvalue weighted by molar-refractivity contribution is -0.164. The SMILES string of the molecule is COC1CN(c2ccnc(C(=O)CC34CC(NC(=O)COc5ccc(Cl)c(F)c5)(C3)C4)c2)C1. The van der Waals surface area contributed by atoms with Gasteiger partial charge in [0, 0.05) is 50.1 Å². The summed E-state index contributed by atoms with van der Waals surface area (Å²) in [5.41, 5.74) is 1.16. The maximum atomic E-state index is 13.5. The molecule has 1 N–H and O–H groups in total. The van der Waals surface area contributed by atoms with Gasteiger partial charge in [0.15, 0.2) is 12.4 Å². The fourth-order valence-electron chi connectivity index (χ4n) is 5.36. The molecule has 7 nitrogen and oxygen atoms in total. The van der Waals surface area contributed by atoms with Crippen molar-refractivity contribution >= 4 is 29.0 Å². The Labute approximate surface area is 196 Å². The second-order valence-electron chi connectivity index (χ2n) is 9.49. The largest absolute Gasteiger partial charge is 0.484 e. The molecule has 6 rings (SSSR count). The highest BCUT2D eigenvalue weighted by Crippen LogP contribution is 2.69. The summed E-state index contributed by atoms with van der Waals surface area (Å²) in [7, 11) is 1.70. The van der Waals surface area contributed by atoms with Gasteiger partial charge in [0.25, 0.3) is 5.91 Å². The lowest BCUT2D eigenvalue weighted by atomic mass is 9.38. The number of methoxy groups -OCH3 is 1. The number of carbonyl (C=O) groups excluding carboxylic acids is 2. The van der Waals surface area contributed by atoms with Gasteiger partial charge in [-0.2, -0.15) is 0 Å². The molecule has 2 aromatic rings. The average molecular weight is 474 g/mol. The minimum atomic E-state index is -0.593. The van der Waals surface area contributed by atoms with Gasteiger partial charge in [-0.1, -0.05) is 11.6 Å². The summed E-state index contributed by atoms with van der Waals surface area (Å²) in [5.74, 6) is -0.571. The first kappa shape index (κ1) is 22.1. The molecule has 1 saturated heterocycles. The molecule has 3 aliphatic carbocycles. The fraction of sp³-hybridized carbons (Fsp3) is 0.458. The van der Waals surface area contributed by atoms with Crippen molar-refractivity contribution in [2.45, 2.75) is 37.3 Å². The number of rotatable bonds is 9. The van der Waals surface area contributed by atoms with Gasteiger partial charge in [-0.05, 0) is 48.9 Å². The number of ketones is 1. The van der Waals surface area contributed by atoms with E-state index in [-0.39, 0.29) is 46.1 Å². The molecule has 1 aromatic heterocycles. The van der Waals surface area contributed by atoms with Gasteiger partial charge >= 0.3 is 0 Å². The number of anilines is 1. The standard InChI is InChI=1S/C24H25ClFN3O4/c1-32-17-9-29(10-17)15-4-5-27-20(6-15)21(30)8-23-12-24(13-23,14-23)28-22(31)11-33-16-2-3-18(25)19(26)7-16/h2-7,17H,8-14H2,1H3,(H,28,31). The Bertz CT molecular complexity index is 1090. The Morgan fingerprint density at radius 1 is 1.24 bits per heavy atom. The Kier molecular flexibility index (Phi) is 5.53. The third-order valence-corrected chi connectivity index (χ3v) is 7.22. The van der Waals surface area contributed by atoms with Gasteiger partial charge in [-0.15, -0.1) is 0 Å². The van der Waals surface area contributed by atoms with Gasteiger partial charge in [-0.25, -0.2) is 4.39 Å². The van der Waals surface area contributed by atoms with E-state index in [0.29, 0.717) is 12.1 Å². The highest BCUT2D eigenvalue weighted by atomic mass is 35.5. The van der Waals surface area contributed by atoms with E-state index in [4.69, 9.17) is 21.1 Å². The van der Waals surface area contributed by atoms with E-state index in [9.17, 15) is 14.0 Å². The van der Waals surface area contributed by atoms with E-state index in [1.54, 1.807) is 13.3 Å². The summed E-state index contributed by atoms with van der Waals surface area (Å²) >= 11 is 5.65. The number of hydrogen-bond donors (Lipinski definition) is 1. The van der Waals surface area contributed by atoms with E-state index < -0.39 is 5.82 Å². The molecule has 9 heteroatoms. The number of amides is 1. The van der Waals surface area contributed by atoms with E-state index in [2.05, 4.69) is 15.2 Å². The summed E-state index contributed by atoms with van der Waals surface area (Å²) in [5, 5.41) is 3.01. The maximum Gasteiger partial charge on any atom is 0.258 e. The summed E-state index contributed by atoms with van der Waals surface area (Å²) in [6.45, 7) is 1.43. The van der Waals surface area contributed by atoms with E-state index in [1.165, 1.54) is 12.1 Å². The predicted octanol–water partition coefficient (Wildman–Crippen LogP) is 3.40. The molecule has 0 atom stereocenters. The smallest absolute Gasteiger partial charge is 0.258 e. The van der Waals surface area contributed by atoms with Crippen molar-refractivity contribution in [1.29, 1.82) is 0 Å². The average Bonchev–Trinajstić information content (AvgIpc) is 2.71. The summed E-state index contributed by atoms with van der Waals surface area (Å²) in [6.07, 6.45) is 4.67. The molecule has 4 aliphatic rings. The number of hydrogen-bond acceptors (Lipinski definition) is 6. The first-order valence-electron chi connectivity index (χ1n) is 10.9. The van der Waals surface area contributed by atoms with Gasteiger partial charge in [-0.3, -0.25) is 14.6 Å². The summed E-state index contributed by atoms with van der Waals surface area (Å²) in [6, 6.07) is 7.82. The van der Waals surface area contributed by atoms with Gasteiger partial charge in [0.05, 0.1) is 11.1 Å². The number of pyridine rings is 1. The van der Waals surface area contributed by atoms with Crippen LogP contribution in [0.15, 0.2) is 36.5 Å². The predicted molar refractivity (Wildman–Crippen MR) is 120 cm³/mol. The second-order valence-corrected chi connectivity index (χ2v) is 9.89. The molecule has 1 amide bonds. The Morgan fingerprint density at radius 2 is 2.00 bits per heavy atom. The zero-order valence-electron chi connectivity index (χ0n) is 18.3. The minimum Gasteiger partial charge on any atom is -0.484 e. The van der Waals surface area contributed by atoms with Crippen LogP contribution in [0.2, 0.25) is 5.02 Å². The van der Waals surface area contributed by atoms with Crippen LogP contribution in [-0.2, 0) is 9.53 Å². The molecule has 1 aromatic carbocycles. The quantitative estimate of drug-likeness (QED) is 0.562. The lowest BCUT2D eigenvalue weighted by Gasteiger charge is -2.70. The van der Waals surface area contributed by atoms with Crippen LogP contribution >= 0.6 is 11.6 Å². The lowest BCUT2D eigenvalue weighted by Crippen LogP contribution is -2.75. The number of aromatic nitrogens is 1. The van der Waals surface area contributed by atoms with Crippen LogP contribution in [0.1, 0.15) is 36.2 Å². The molecule has 2 heterocycles. The van der Waals surface area contributed by atoms with Crippen molar-refractivity contribution in [3.63, 3.8) is 0 Å². The molecule has 33 heavy (non-hydrogen) atoms. The van der Waals surface area contributed by atoms with Gasteiger partial charge in [0.1, 0.15) is 17.3 Å². The van der Waals surface area contributed by atoms with Crippen LogP contribution in [0.5, 0.6) is 5.75 Å². The topological polar surface area (TPSA) is 80.8 Å². The molecule has 3 saturated carbocycles. The van der Waals surface area contributed by atoms with Crippen LogP contribution in [0, 0.1) is 11.2 Å². The second kappa shape index (κ2) is 8.25. The molecular formula is C24H25ClFN3O4. The maximum absolute atomic E-state index is 13.5. The fourth-order valence-corrected chi connectivity index (χ4v) is 5.48. The highest BCUT2D eigenvalue weighted by molar-refractivity contribution is 6.30. The molecule has 0 spiro atoms. The van der Waals surface area contributed by atoms with E-state index in [1.807, 2.05) is 12.1 Å². The van der Waals surface area contributed by atoms with E-state index >= 15 is 0 Å². The zero-order chi connectivity index (χ0) is 23.2. The van der Waals surface area contributed by atoms with Crippen LogP contribution in [0.4, 0.5) is 10.1 Å². The number of halogens is 2. The number of carbonyl (C=O) groups is 2. The third kappa shape index (κ3) is 4.29. The van der Waals surface area contributed by atoms with Crippen molar-refractivity contribution in [1.82, 2.24) is 10.3 Å². The van der Waals surface area contributed by atoms with Crippen molar-refractivity contribution in [2.75, 3.05) is 31.7 Å².